The molecule has 0 bridgehead atoms. The van der Waals surface area contributed by atoms with Crippen LogP contribution in [0.3, 0.4) is 0 Å². The van der Waals surface area contributed by atoms with Gasteiger partial charge in [0.1, 0.15) is 0 Å². The number of benzene rings is 1. The van der Waals surface area contributed by atoms with Crippen molar-refractivity contribution in [2.24, 2.45) is 5.92 Å². The van der Waals surface area contributed by atoms with Crippen LogP contribution in [0, 0.1) is 5.92 Å². The highest BCUT2D eigenvalue weighted by Gasteiger charge is 2.29. The third-order valence-electron chi connectivity index (χ3n) is 5.21. The monoisotopic (exact) mass is 419 g/mol. The molecule has 1 amide bonds. The van der Waals surface area contributed by atoms with Gasteiger partial charge in [-0.15, -0.1) is 0 Å². The minimum Gasteiger partial charge on any atom is -0.468 e. The maximum atomic E-state index is 12.7. The Morgan fingerprint density at radius 3 is 2.53 bits per heavy atom. The summed E-state index contributed by atoms with van der Waals surface area (Å²) in [7, 11) is 0. The van der Waals surface area contributed by atoms with Gasteiger partial charge in [0.05, 0.1) is 6.04 Å². The zero-order valence-corrected chi connectivity index (χ0v) is 17.0. The van der Waals surface area contributed by atoms with Gasteiger partial charge in [0.2, 0.25) is 11.8 Å². The summed E-state index contributed by atoms with van der Waals surface area (Å²) < 4.78 is 41.2. The average molecular weight is 419 g/mol. The van der Waals surface area contributed by atoms with Crippen molar-refractivity contribution in [1.29, 1.82) is 0 Å². The Morgan fingerprint density at radius 1 is 1.17 bits per heavy atom. The summed E-state index contributed by atoms with van der Waals surface area (Å²) in [5.74, 6) is -0.551. The molecule has 2 heterocycles. The summed E-state index contributed by atoms with van der Waals surface area (Å²) in [4.78, 5) is 20.0. The molecule has 2 aromatic heterocycles. The van der Waals surface area contributed by atoms with Crippen LogP contribution < -0.4 is 10.1 Å². The fourth-order valence-electron chi connectivity index (χ4n) is 3.15. The molecule has 0 aliphatic heterocycles. The predicted octanol–water partition coefficient (Wildman–Crippen LogP) is 5.12. The lowest BCUT2D eigenvalue weighted by atomic mass is 9.91. The molecule has 160 valence electrons. The Morgan fingerprint density at radius 2 is 1.90 bits per heavy atom. The van der Waals surface area contributed by atoms with E-state index in [1.165, 1.54) is 12.3 Å². The quantitative estimate of drug-likeness (QED) is 0.559. The molecule has 0 aliphatic carbocycles. The van der Waals surface area contributed by atoms with Crippen LogP contribution in [0.25, 0.3) is 10.9 Å². The SMILES string of the molecule is C[C@@H](NC(=O)[C@H](C)[C@@H](C)c1cc2ccccc2[nH]1)c1ccc(OCC(F)(F)F)nc1. The van der Waals surface area contributed by atoms with Crippen molar-refractivity contribution in [2.45, 2.75) is 38.9 Å². The molecule has 8 heteroatoms. The predicted molar refractivity (Wildman–Crippen MR) is 108 cm³/mol. The number of nitrogens with one attached hydrogen (secondary N) is 2. The van der Waals surface area contributed by atoms with Crippen molar-refractivity contribution >= 4 is 16.8 Å². The Hall–Kier alpha value is -3.03. The first-order valence-electron chi connectivity index (χ1n) is 9.67. The van der Waals surface area contributed by atoms with Crippen LogP contribution in [0.2, 0.25) is 0 Å². The summed E-state index contributed by atoms with van der Waals surface area (Å²) in [6, 6.07) is 12.6. The number of carbonyl (C=O) groups excluding carboxylic acids is 1. The largest absolute Gasteiger partial charge is 0.468 e. The number of pyridine rings is 1. The molecule has 2 N–H and O–H groups in total. The van der Waals surface area contributed by atoms with Crippen molar-refractivity contribution in [1.82, 2.24) is 15.3 Å². The molecule has 5 nitrogen and oxygen atoms in total. The van der Waals surface area contributed by atoms with Gasteiger partial charge in [-0.05, 0) is 30.0 Å². The molecule has 0 unspecified atom stereocenters. The molecule has 0 fully saturated rings. The van der Waals surface area contributed by atoms with E-state index >= 15 is 0 Å². The van der Waals surface area contributed by atoms with Crippen LogP contribution >= 0.6 is 0 Å². The highest BCUT2D eigenvalue weighted by Crippen LogP contribution is 2.28. The molecular formula is C22H24F3N3O2. The van der Waals surface area contributed by atoms with Gasteiger partial charge in [0.25, 0.3) is 0 Å². The first-order chi connectivity index (χ1) is 14.1. The van der Waals surface area contributed by atoms with E-state index in [-0.39, 0.29) is 29.7 Å². The minimum atomic E-state index is -4.42. The maximum Gasteiger partial charge on any atom is 0.422 e. The van der Waals surface area contributed by atoms with Crippen molar-refractivity contribution in [2.75, 3.05) is 6.61 Å². The van der Waals surface area contributed by atoms with Gasteiger partial charge < -0.3 is 15.0 Å². The number of hydrogen-bond donors (Lipinski definition) is 2. The van der Waals surface area contributed by atoms with Gasteiger partial charge in [0.15, 0.2) is 6.61 Å². The van der Waals surface area contributed by atoms with E-state index in [0.717, 1.165) is 16.6 Å². The third kappa shape index (κ3) is 5.31. The summed E-state index contributed by atoms with van der Waals surface area (Å²) in [5.41, 5.74) is 2.69. The number of amides is 1. The summed E-state index contributed by atoms with van der Waals surface area (Å²) in [6.45, 7) is 4.26. The fourth-order valence-corrected chi connectivity index (χ4v) is 3.15. The van der Waals surface area contributed by atoms with E-state index < -0.39 is 12.8 Å². The number of aromatic nitrogens is 2. The normalized spacial score (nSPS) is 14.9. The molecule has 30 heavy (non-hydrogen) atoms. The van der Waals surface area contributed by atoms with E-state index in [2.05, 4.69) is 26.1 Å². The number of fused-ring (bicyclic) bond motifs is 1. The summed E-state index contributed by atoms with van der Waals surface area (Å²) >= 11 is 0. The van der Waals surface area contributed by atoms with Crippen molar-refractivity contribution in [3.05, 3.63) is 59.9 Å². The zero-order chi connectivity index (χ0) is 21.9. The smallest absolute Gasteiger partial charge is 0.422 e. The maximum absolute atomic E-state index is 12.7. The highest BCUT2D eigenvalue weighted by atomic mass is 19.4. The Kier molecular flexibility index (Phi) is 6.34. The average Bonchev–Trinajstić information content (AvgIpc) is 3.15. The Bertz CT molecular complexity index is 966. The van der Waals surface area contributed by atoms with Crippen LogP contribution in [0.4, 0.5) is 13.2 Å². The van der Waals surface area contributed by atoms with Crippen molar-refractivity contribution in [3.8, 4) is 5.88 Å². The van der Waals surface area contributed by atoms with E-state index in [9.17, 15) is 18.0 Å². The lowest BCUT2D eigenvalue weighted by Crippen LogP contribution is -2.34. The highest BCUT2D eigenvalue weighted by molar-refractivity contribution is 5.82. The molecule has 0 spiro atoms. The number of rotatable bonds is 7. The molecule has 0 saturated heterocycles. The third-order valence-corrected chi connectivity index (χ3v) is 5.21. The first-order valence-corrected chi connectivity index (χ1v) is 9.67. The molecule has 3 aromatic rings. The fraction of sp³-hybridized carbons (Fsp3) is 0.364. The van der Waals surface area contributed by atoms with Crippen LogP contribution in [0.15, 0.2) is 48.7 Å². The van der Waals surface area contributed by atoms with Gasteiger partial charge in [-0.1, -0.05) is 38.1 Å². The number of nitrogens with zero attached hydrogens (tertiary/aromatic N) is 1. The standard InChI is InChI=1S/C22H24F3N3O2/c1-13(19-10-16-6-4-5-7-18(16)28-19)14(2)21(29)27-15(3)17-8-9-20(26-11-17)30-12-22(23,24)25/h4-11,13-15,28H,12H2,1-3H3,(H,27,29)/t13-,14-,15-/m1/s1. The molecule has 3 rings (SSSR count). The van der Waals surface area contributed by atoms with E-state index in [4.69, 9.17) is 0 Å². The topological polar surface area (TPSA) is 67.0 Å². The van der Waals surface area contributed by atoms with Crippen LogP contribution in [0.5, 0.6) is 5.88 Å². The molecule has 3 atom stereocenters. The van der Waals surface area contributed by atoms with Gasteiger partial charge in [0, 0.05) is 35.3 Å². The number of carbonyl (C=O) groups is 1. The van der Waals surface area contributed by atoms with E-state index in [0.29, 0.717) is 5.56 Å². The number of H-pyrrole nitrogens is 1. The first kappa shape index (κ1) is 21.7. The number of ether oxygens (including phenoxy) is 1. The zero-order valence-electron chi connectivity index (χ0n) is 17.0. The second kappa shape index (κ2) is 8.77. The lowest BCUT2D eigenvalue weighted by molar-refractivity contribution is -0.154. The molecule has 0 saturated carbocycles. The number of hydrogen-bond acceptors (Lipinski definition) is 3. The second-order valence-electron chi connectivity index (χ2n) is 7.45. The second-order valence-corrected chi connectivity index (χ2v) is 7.45. The lowest BCUT2D eigenvalue weighted by Gasteiger charge is -2.22. The number of alkyl halides is 3. The van der Waals surface area contributed by atoms with Crippen molar-refractivity contribution in [3.63, 3.8) is 0 Å². The summed E-state index contributed by atoms with van der Waals surface area (Å²) in [5, 5.41) is 4.04. The molecule has 0 aliphatic rings. The van der Waals surface area contributed by atoms with Gasteiger partial charge >= 0.3 is 6.18 Å². The molecule has 1 aromatic carbocycles. The molecular weight excluding hydrogens is 395 g/mol. The van der Waals surface area contributed by atoms with Gasteiger partial charge in [-0.3, -0.25) is 4.79 Å². The minimum absolute atomic E-state index is 0.0270. The summed E-state index contributed by atoms with van der Waals surface area (Å²) in [6.07, 6.45) is -3.01. The number of aromatic amines is 1. The number of halogens is 3. The van der Waals surface area contributed by atoms with Crippen LogP contribution in [-0.2, 0) is 4.79 Å². The van der Waals surface area contributed by atoms with E-state index in [1.54, 1.807) is 13.0 Å². The number of para-hydroxylation sites is 1. The van der Waals surface area contributed by atoms with Crippen LogP contribution in [0.1, 0.15) is 44.0 Å². The van der Waals surface area contributed by atoms with E-state index in [1.807, 2.05) is 38.1 Å². The molecule has 0 radical (unpaired) electrons. The Balaban J connectivity index is 1.60. The van der Waals surface area contributed by atoms with Crippen molar-refractivity contribution < 1.29 is 22.7 Å². The van der Waals surface area contributed by atoms with Crippen LogP contribution in [-0.4, -0.2) is 28.7 Å². The van der Waals surface area contributed by atoms with Gasteiger partial charge in [-0.25, -0.2) is 4.98 Å². The Labute approximate surface area is 172 Å². The van der Waals surface area contributed by atoms with Gasteiger partial charge in [-0.2, -0.15) is 13.2 Å².